The quantitative estimate of drug-likeness (QED) is 0.201. The van der Waals surface area contributed by atoms with E-state index in [0.29, 0.717) is 12.0 Å². The summed E-state index contributed by atoms with van der Waals surface area (Å²) >= 11 is 6.08. The minimum Gasteiger partial charge on any atom is -0.424 e. The molecule has 2 aromatic heterocycles. The highest BCUT2D eigenvalue weighted by atomic mass is 35.5. The van der Waals surface area contributed by atoms with Crippen molar-refractivity contribution < 1.29 is 37.4 Å². The number of nitrogen functional groups attached to an aromatic ring is 1. The number of benzene rings is 1. The number of nitrogens with one attached hydrogen (secondary N) is 1. The highest BCUT2D eigenvalue weighted by Gasteiger charge is 2.58. The number of hydrogen-bond acceptors (Lipinski definition) is 11. The van der Waals surface area contributed by atoms with Crippen LogP contribution in [-0.2, 0) is 29.8 Å². The molecular formula is C25H30ClFN5O8P. The van der Waals surface area contributed by atoms with Crippen LogP contribution in [0.5, 0.6) is 5.75 Å². The summed E-state index contributed by atoms with van der Waals surface area (Å²) in [4.78, 5) is 41.8. The van der Waals surface area contributed by atoms with E-state index in [2.05, 4.69) is 15.1 Å². The highest BCUT2D eigenvalue weighted by molar-refractivity contribution is 7.54. The number of halogens is 2. The van der Waals surface area contributed by atoms with Gasteiger partial charge in [0.1, 0.15) is 29.5 Å². The third kappa shape index (κ3) is 6.68. The maximum Gasteiger partial charge on any atom is 0.380 e. The molecule has 1 aliphatic heterocycles. The van der Waals surface area contributed by atoms with Crippen LogP contribution in [0.4, 0.5) is 10.3 Å². The summed E-state index contributed by atoms with van der Waals surface area (Å²) in [6.07, 6.45) is -3.79. The van der Waals surface area contributed by atoms with Crippen molar-refractivity contribution in [1.82, 2.24) is 19.6 Å². The van der Waals surface area contributed by atoms with Gasteiger partial charge in [-0.05, 0) is 31.9 Å². The Morgan fingerprint density at radius 1 is 1.37 bits per heavy atom. The number of aromatic amines is 1. The number of aliphatic hydroxyl groups excluding tert-OH is 1. The first-order valence-electron chi connectivity index (χ1n) is 12.7. The number of nitrogens with two attached hydrogens (primary N) is 1. The standard InChI is InChI=1S/C25H30ClFN5O8P/c1-13(15(3)34)12-41(37,40-18-7-5-4-6-16(18)9-8-14(2)33)38-11-19-20(35)25(26,27)21(39-19)17-10-29-22-23(36)30-24(28)31-32(17)22/h4-7,10,13,19-21,35H,8-9,11-12H2,1-3H3,(H3,28,30,31,36)/t13-,19-,20?,21+,25-,41?/m1/s1. The molecule has 3 aromatic rings. The van der Waals surface area contributed by atoms with Gasteiger partial charge in [0, 0.05) is 12.3 Å². The molecule has 4 N–H and O–H groups in total. The fourth-order valence-corrected chi connectivity index (χ4v) is 6.59. The number of imidazole rings is 1. The number of anilines is 1. The summed E-state index contributed by atoms with van der Waals surface area (Å²) in [5, 5.41) is 11.7. The number of aromatic nitrogens is 4. The number of Topliss-reactive ketones (excluding diaryl/α,β-unsaturated/α-hetero) is 2. The van der Waals surface area contributed by atoms with E-state index >= 15 is 4.39 Å². The summed E-state index contributed by atoms with van der Waals surface area (Å²) in [7, 11) is -4.13. The van der Waals surface area contributed by atoms with Crippen LogP contribution in [-0.4, -0.2) is 66.4 Å². The summed E-state index contributed by atoms with van der Waals surface area (Å²) in [6, 6.07) is 6.63. The van der Waals surface area contributed by atoms with E-state index in [1.807, 2.05) is 0 Å². The largest absolute Gasteiger partial charge is 0.424 e. The van der Waals surface area contributed by atoms with Gasteiger partial charge in [-0.3, -0.25) is 19.1 Å². The number of aliphatic hydroxyl groups is 1. The Bertz CT molecular complexity index is 1560. The molecule has 222 valence electrons. The molecule has 41 heavy (non-hydrogen) atoms. The number of para-hydroxylation sites is 1. The minimum atomic E-state index is -4.13. The van der Waals surface area contributed by atoms with Crippen molar-refractivity contribution in [2.75, 3.05) is 18.5 Å². The molecule has 1 aromatic carbocycles. The van der Waals surface area contributed by atoms with Crippen LogP contribution in [0.2, 0.25) is 0 Å². The van der Waals surface area contributed by atoms with Crippen molar-refractivity contribution in [3.63, 3.8) is 0 Å². The molecule has 1 saturated heterocycles. The number of carbonyl (C=O) groups is 2. The predicted molar refractivity (Wildman–Crippen MR) is 146 cm³/mol. The smallest absolute Gasteiger partial charge is 0.380 e. The lowest BCUT2D eigenvalue weighted by atomic mass is 10.1. The minimum absolute atomic E-state index is 0.0457. The average Bonchev–Trinajstić information content (AvgIpc) is 3.40. The van der Waals surface area contributed by atoms with Gasteiger partial charge in [-0.25, -0.2) is 18.5 Å². The molecule has 1 aliphatic rings. The van der Waals surface area contributed by atoms with Gasteiger partial charge in [-0.15, -0.1) is 5.10 Å². The van der Waals surface area contributed by atoms with Crippen molar-refractivity contribution in [2.45, 2.75) is 57.1 Å². The summed E-state index contributed by atoms with van der Waals surface area (Å²) < 4.78 is 47.8. The van der Waals surface area contributed by atoms with Crippen molar-refractivity contribution >= 4 is 42.4 Å². The Morgan fingerprint density at radius 3 is 2.76 bits per heavy atom. The molecule has 0 radical (unpaired) electrons. The SMILES string of the molecule is CC(=O)CCc1ccccc1OP(=O)(C[C@@H](C)C(C)=O)OC[C@H]1O[C@@H](c2cnc3c(=O)[nH]c(N)nn23)[C@@](F)(Cl)C1O. The van der Waals surface area contributed by atoms with E-state index in [0.717, 1.165) is 10.7 Å². The number of nitrogens with zero attached hydrogens (tertiary/aromatic N) is 3. The zero-order chi connectivity index (χ0) is 30.1. The normalized spacial score (nSPS) is 24.7. The fraction of sp³-hybridized carbons (Fsp3) is 0.480. The number of fused-ring (bicyclic) bond motifs is 1. The van der Waals surface area contributed by atoms with Gasteiger partial charge < -0.3 is 24.9 Å². The molecule has 3 heterocycles. The molecule has 1 fully saturated rings. The number of hydrogen-bond donors (Lipinski definition) is 3. The monoisotopic (exact) mass is 613 g/mol. The third-order valence-electron chi connectivity index (χ3n) is 6.68. The van der Waals surface area contributed by atoms with Crippen LogP contribution >= 0.6 is 19.2 Å². The number of ketones is 2. The van der Waals surface area contributed by atoms with Crippen LogP contribution in [0.15, 0.2) is 35.3 Å². The second-order valence-corrected chi connectivity index (χ2v) is 12.5. The lowest BCUT2D eigenvalue weighted by Gasteiger charge is -2.25. The Morgan fingerprint density at radius 2 is 2.07 bits per heavy atom. The van der Waals surface area contributed by atoms with Gasteiger partial charge in [-0.1, -0.05) is 36.7 Å². The van der Waals surface area contributed by atoms with E-state index in [9.17, 15) is 24.1 Å². The van der Waals surface area contributed by atoms with Crippen LogP contribution in [0.25, 0.3) is 5.65 Å². The molecule has 2 unspecified atom stereocenters. The fourth-order valence-electron chi connectivity index (χ4n) is 4.27. The molecule has 0 saturated carbocycles. The number of H-pyrrole nitrogens is 1. The second-order valence-electron chi connectivity index (χ2n) is 9.93. The van der Waals surface area contributed by atoms with Gasteiger partial charge in [0.05, 0.1) is 24.7 Å². The maximum absolute atomic E-state index is 15.7. The Labute approximate surface area is 238 Å². The molecule has 0 aliphatic carbocycles. The average molecular weight is 614 g/mol. The Kier molecular flexibility index (Phi) is 9.00. The zero-order valence-electron chi connectivity index (χ0n) is 22.5. The lowest BCUT2D eigenvalue weighted by Crippen LogP contribution is -2.38. The summed E-state index contributed by atoms with van der Waals surface area (Å²) in [5.74, 6) is -1.13. The second kappa shape index (κ2) is 12.0. The van der Waals surface area contributed by atoms with Crippen LogP contribution in [0.3, 0.4) is 0 Å². The van der Waals surface area contributed by atoms with Gasteiger partial charge in [-0.2, -0.15) is 0 Å². The predicted octanol–water partition coefficient (Wildman–Crippen LogP) is 2.74. The van der Waals surface area contributed by atoms with Gasteiger partial charge in [0.15, 0.2) is 6.10 Å². The molecule has 0 bridgehead atoms. The summed E-state index contributed by atoms with van der Waals surface area (Å²) in [6.45, 7) is 3.69. The van der Waals surface area contributed by atoms with E-state index in [-0.39, 0.29) is 47.2 Å². The van der Waals surface area contributed by atoms with Crippen molar-refractivity contribution in [3.05, 3.63) is 52.1 Å². The molecule has 4 rings (SSSR count). The highest BCUT2D eigenvalue weighted by Crippen LogP contribution is 2.53. The Hall–Kier alpha value is -3.16. The van der Waals surface area contributed by atoms with Gasteiger partial charge >= 0.3 is 7.60 Å². The van der Waals surface area contributed by atoms with E-state index < -0.39 is 49.1 Å². The van der Waals surface area contributed by atoms with E-state index in [4.69, 9.17) is 31.1 Å². The first-order valence-corrected chi connectivity index (χ1v) is 14.8. The Balaban J connectivity index is 1.58. The number of ether oxygens (including phenoxy) is 1. The number of carbonyl (C=O) groups excluding carboxylic acids is 2. The molecule has 0 spiro atoms. The van der Waals surface area contributed by atoms with Crippen LogP contribution in [0.1, 0.15) is 44.6 Å². The molecule has 0 amide bonds. The number of rotatable bonds is 12. The molecular weight excluding hydrogens is 584 g/mol. The molecule has 13 nitrogen and oxygen atoms in total. The van der Waals surface area contributed by atoms with E-state index in [1.54, 1.807) is 31.2 Å². The van der Waals surface area contributed by atoms with Gasteiger partial charge in [0.2, 0.25) is 16.7 Å². The first kappa shape index (κ1) is 30.8. The van der Waals surface area contributed by atoms with Crippen molar-refractivity contribution in [1.29, 1.82) is 0 Å². The van der Waals surface area contributed by atoms with Crippen molar-refractivity contribution in [2.24, 2.45) is 5.92 Å². The van der Waals surface area contributed by atoms with Crippen LogP contribution < -0.4 is 15.8 Å². The van der Waals surface area contributed by atoms with E-state index in [1.165, 1.54) is 13.8 Å². The van der Waals surface area contributed by atoms with Crippen LogP contribution in [0, 0.1) is 5.92 Å². The number of aryl methyl sites for hydroxylation is 1. The topological polar surface area (TPSA) is 188 Å². The molecule has 6 atom stereocenters. The lowest BCUT2D eigenvalue weighted by molar-refractivity contribution is -0.120. The first-order chi connectivity index (χ1) is 19.2. The summed E-state index contributed by atoms with van der Waals surface area (Å²) in [5.41, 5.74) is 5.18. The molecule has 16 heteroatoms. The van der Waals surface area contributed by atoms with Crippen molar-refractivity contribution in [3.8, 4) is 5.75 Å². The third-order valence-corrected chi connectivity index (χ3v) is 9.11. The number of alkyl halides is 2. The zero-order valence-corrected chi connectivity index (χ0v) is 24.1. The maximum atomic E-state index is 15.7. The van der Waals surface area contributed by atoms with Gasteiger partial charge in [0.25, 0.3) is 5.56 Å².